The molecule has 0 saturated carbocycles. The van der Waals surface area contributed by atoms with Gasteiger partial charge in [0, 0.05) is 57.4 Å². The van der Waals surface area contributed by atoms with Crippen molar-refractivity contribution in [3.8, 4) is 17.1 Å². The number of ether oxygens (including phenoxy) is 2. The number of piperazine rings is 1. The zero-order chi connectivity index (χ0) is 24.8. The van der Waals surface area contributed by atoms with Gasteiger partial charge < -0.3 is 29.1 Å². The maximum Gasteiger partial charge on any atom is 0.295 e. The van der Waals surface area contributed by atoms with Crippen molar-refractivity contribution in [1.82, 2.24) is 15.2 Å². The van der Waals surface area contributed by atoms with E-state index in [0.29, 0.717) is 73.8 Å². The van der Waals surface area contributed by atoms with Gasteiger partial charge in [0.1, 0.15) is 23.9 Å². The molecule has 4 rings (SSSR count). The fraction of sp³-hybridized carbons (Fsp3) is 0.423. The number of fused-ring (bicyclic) bond motifs is 1. The van der Waals surface area contributed by atoms with E-state index in [9.17, 15) is 14.4 Å². The Labute approximate surface area is 203 Å². The van der Waals surface area contributed by atoms with Gasteiger partial charge in [-0.15, -0.1) is 0 Å². The maximum absolute atomic E-state index is 13.1. The van der Waals surface area contributed by atoms with Crippen LogP contribution in [0.2, 0.25) is 0 Å². The van der Waals surface area contributed by atoms with Crippen molar-refractivity contribution in [3.05, 3.63) is 41.8 Å². The van der Waals surface area contributed by atoms with E-state index in [1.807, 2.05) is 25.1 Å². The number of benzene rings is 1. The second kappa shape index (κ2) is 11.3. The van der Waals surface area contributed by atoms with Gasteiger partial charge in [-0.25, -0.2) is 0 Å². The first-order valence-electron chi connectivity index (χ1n) is 11.9. The molecular weight excluding hydrogens is 450 g/mol. The number of H-pyrrole nitrogens is 1. The van der Waals surface area contributed by atoms with Crippen LogP contribution in [0.1, 0.15) is 35.9 Å². The normalized spacial score (nSPS) is 13.8. The molecular formula is C26H31N3O6. The van der Waals surface area contributed by atoms with Gasteiger partial charge in [-0.3, -0.25) is 14.4 Å². The van der Waals surface area contributed by atoms with Crippen LogP contribution in [0.3, 0.4) is 0 Å². The molecule has 0 bridgehead atoms. The van der Waals surface area contributed by atoms with Crippen LogP contribution < -0.4 is 10.1 Å². The molecule has 1 aliphatic rings. The number of aromatic nitrogens is 1. The van der Waals surface area contributed by atoms with Crippen molar-refractivity contribution in [2.75, 3.05) is 46.5 Å². The number of hydrogen-bond donors (Lipinski definition) is 2. The van der Waals surface area contributed by atoms with Gasteiger partial charge in [-0.05, 0) is 30.7 Å². The quantitative estimate of drug-likeness (QED) is 0.246. The number of nitrogens with zero attached hydrogens (tertiary/aromatic N) is 1. The number of carbonyl (C=O) groups excluding carboxylic acids is 3. The molecule has 1 saturated heterocycles. The number of ketones is 2. The van der Waals surface area contributed by atoms with Crippen LogP contribution in [0.15, 0.2) is 34.9 Å². The van der Waals surface area contributed by atoms with E-state index in [1.165, 1.54) is 7.11 Å². The number of Topliss-reactive ketones (excluding diaryl/α,β-unsaturated/α-hetero) is 2. The maximum atomic E-state index is 13.1. The molecule has 3 heterocycles. The van der Waals surface area contributed by atoms with Gasteiger partial charge >= 0.3 is 0 Å². The topological polar surface area (TPSA) is 114 Å². The van der Waals surface area contributed by atoms with Gasteiger partial charge in [0.05, 0.1) is 23.6 Å². The van der Waals surface area contributed by atoms with Crippen LogP contribution in [-0.2, 0) is 20.7 Å². The van der Waals surface area contributed by atoms with Gasteiger partial charge in [0.15, 0.2) is 5.78 Å². The van der Waals surface area contributed by atoms with Crippen LogP contribution in [-0.4, -0.2) is 73.9 Å². The monoisotopic (exact) mass is 481 g/mol. The molecule has 0 aliphatic carbocycles. The first kappa shape index (κ1) is 24.7. The fourth-order valence-electron chi connectivity index (χ4n) is 4.22. The van der Waals surface area contributed by atoms with E-state index in [-0.39, 0.29) is 18.0 Å². The summed E-state index contributed by atoms with van der Waals surface area (Å²) in [5, 5.41) is 3.72. The molecule has 186 valence electrons. The minimum absolute atomic E-state index is 0.0323. The molecule has 2 aromatic heterocycles. The number of amides is 1. The van der Waals surface area contributed by atoms with E-state index >= 15 is 0 Å². The Bertz CT molecular complexity index is 1210. The van der Waals surface area contributed by atoms with Crippen LogP contribution in [0.4, 0.5) is 0 Å². The van der Waals surface area contributed by atoms with Crippen LogP contribution in [0, 0.1) is 0 Å². The van der Waals surface area contributed by atoms with Crippen molar-refractivity contribution in [2.24, 2.45) is 0 Å². The Morgan fingerprint density at radius 3 is 2.66 bits per heavy atom. The average Bonchev–Trinajstić information content (AvgIpc) is 3.54. The number of aryl methyl sites for hydroxylation is 1. The van der Waals surface area contributed by atoms with E-state index in [1.54, 1.807) is 17.2 Å². The lowest BCUT2D eigenvalue weighted by molar-refractivity contribution is -0.127. The highest BCUT2D eigenvalue weighted by atomic mass is 16.5. The van der Waals surface area contributed by atoms with Crippen LogP contribution in [0.5, 0.6) is 5.75 Å². The second-order valence-corrected chi connectivity index (χ2v) is 8.50. The lowest BCUT2D eigenvalue weighted by Crippen LogP contribution is -2.48. The van der Waals surface area contributed by atoms with E-state index in [0.717, 1.165) is 12.0 Å². The van der Waals surface area contributed by atoms with Crippen LogP contribution >= 0.6 is 0 Å². The van der Waals surface area contributed by atoms with Crippen molar-refractivity contribution < 1.29 is 28.3 Å². The zero-order valence-electron chi connectivity index (χ0n) is 20.1. The summed E-state index contributed by atoms with van der Waals surface area (Å²) in [6, 6.07) is 7.28. The first-order valence-corrected chi connectivity index (χ1v) is 11.9. The number of aromatic amines is 1. The Morgan fingerprint density at radius 2 is 1.91 bits per heavy atom. The molecule has 0 atom stereocenters. The Morgan fingerprint density at radius 1 is 1.11 bits per heavy atom. The number of hydrogen-bond acceptors (Lipinski definition) is 7. The number of methoxy groups -OCH3 is 1. The third-order valence-electron chi connectivity index (χ3n) is 6.05. The predicted molar refractivity (Wildman–Crippen MR) is 131 cm³/mol. The number of rotatable bonds is 11. The molecule has 1 fully saturated rings. The molecule has 9 heteroatoms. The molecule has 2 N–H and O–H groups in total. The summed E-state index contributed by atoms with van der Waals surface area (Å²) >= 11 is 0. The smallest absolute Gasteiger partial charge is 0.295 e. The second-order valence-electron chi connectivity index (χ2n) is 8.50. The van der Waals surface area contributed by atoms with Crippen molar-refractivity contribution >= 4 is 28.4 Å². The summed E-state index contributed by atoms with van der Waals surface area (Å²) in [5.41, 5.74) is 1.65. The summed E-state index contributed by atoms with van der Waals surface area (Å²) in [5.74, 6) is 0.710. The minimum atomic E-state index is -0.572. The van der Waals surface area contributed by atoms with Gasteiger partial charge in [-0.2, -0.15) is 0 Å². The first-order chi connectivity index (χ1) is 17.0. The number of furan rings is 1. The molecule has 0 unspecified atom stereocenters. The molecule has 0 spiro atoms. The highest BCUT2D eigenvalue weighted by Gasteiger charge is 2.28. The number of carbonyl (C=O) groups is 3. The Balaban J connectivity index is 1.56. The highest BCUT2D eigenvalue weighted by molar-refractivity contribution is 6.45. The standard InChI is InChI=1S/C26H31N3O6/c1-3-14-34-16-17(30)4-5-18-6-8-21(35-18)19-7-9-22(33-2)23-20(15-28-24(19)23)25(31)26(32)29-12-10-27-11-13-29/h6-9,15,27-28H,3-5,10-14,16H2,1-2H3. The third-order valence-corrected chi connectivity index (χ3v) is 6.05. The van der Waals surface area contributed by atoms with Crippen molar-refractivity contribution in [1.29, 1.82) is 0 Å². The molecule has 1 amide bonds. The minimum Gasteiger partial charge on any atom is -0.496 e. The summed E-state index contributed by atoms with van der Waals surface area (Å²) in [7, 11) is 1.53. The molecule has 3 aromatic rings. The highest BCUT2D eigenvalue weighted by Crippen LogP contribution is 2.37. The molecule has 35 heavy (non-hydrogen) atoms. The summed E-state index contributed by atoms with van der Waals surface area (Å²) in [4.78, 5) is 42.7. The summed E-state index contributed by atoms with van der Waals surface area (Å²) in [6.07, 6.45) is 3.24. The van der Waals surface area contributed by atoms with E-state index < -0.39 is 11.7 Å². The van der Waals surface area contributed by atoms with Gasteiger partial charge in [0.25, 0.3) is 11.7 Å². The lowest BCUT2D eigenvalue weighted by Gasteiger charge is -2.26. The van der Waals surface area contributed by atoms with Gasteiger partial charge in [0.2, 0.25) is 0 Å². The molecule has 9 nitrogen and oxygen atoms in total. The third kappa shape index (κ3) is 5.47. The summed E-state index contributed by atoms with van der Waals surface area (Å²) < 4.78 is 16.8. The van der Waals surface area contributed by atoms with E-state index in [2.05, 4.69) is 10.3 Å². The molecule has 0 radical (unpaired) electrons. The molecule has 1 aromatic carbocycles. The zero-order valence-corrected chi connectivity index (χ0v) is 20.1. The predicted octanol–water partition coefficient (Wildman–Crippen LogP) is 2.98. The average molecular weight is 482 g/mol. The van der Waals surface area contributed by atoms with E-state index in [4.69, 9.17) is 13.9 Å². The Kier molecular flexibility index (Phi) is 7.99. The number of nitrogens with one attached hydrogen (secondary N) is 2. The lowest BCUT2D eigenvalue weighted by atomic mass is 10.0. The molecule has 1 aliphatic heterocycles. The van der Waals surface area contributed by atoms with Crippen molar-refractivity contribution in [2.45, 2.75) is 26.2 Å². The van der Waals surface area contributed by atoms with Crippen molar-refractivity contribution in [3.63, 3.8) is 0 Å². The SMILES string of the molecule is CCCOCC(=O)CCc1ccc(-c2ccc(OC)c3c(C(=O)C(=O)N4CCNCC4)c[nH]c23)o1. The summed E-state index contributed by atoms with van der Waals surface area (Å²) in [6.45, 7) is 5.02. The van der Waals surface area contributed by atoms with Gasteiger partial charge in [-0.1, -0.05) is 6.92 Å². The fourth-order valence-corrected chi connectivity index (χ4v) is 4.22. The van der Waals surface area contributed by atoms with Crippen LogP contribution in [0.25, 0.3) is 22.2 Å². The largest absolute Gasteiger partial charge is 0.496 e. The Hall–Kier alpha value is -3.43.